The fourth-order valence-corrected chi connectivity index (χ4v) is 1.36. The molecule has 1 saturated heterocycles. The molecule has 1 amide bonds. The molecule has 6 nitrogen and oxygen atoms in total. The molecule has 0 spiro atoms. The van der Waals surface area contributed by atoms with Gasteiger partial charge in [-0.05, 0) is 6.42 Å². The van der Waals surface area contributed by atoms with Gasteiger partial charge in [0.15, 0.2) is 5.82 Å². The van der Waals surface area contributed by atoms with Gasteiger partial charge in [0, 0.05) is 6.61 Å². The Balaban J connectivity index is 1.97. The topological polar surface area (TPSA) is 93.0 Å². The van der Waals surface area contributed by atoms with Crippen LogP contribution in [0.4, 0.5) is 11.5 Å². The Morgan fingerprint density at radius 3 is 3.21 bits per heavy atom. The van der Waals surface area contributed by atoms with Crippen LogP contribution in [0, 0.1) is 5.92 Å². The van der Waals surface area contributed by atoms with Crippen LogP contribution in [-0.2, 0) is 9.53 Å². The van der Waals surface area contributed by atoms with Crippen molar-refractivity contribution >= 4 is 17.4 Å². The summed E-state index contributed by atoms with van der Waals surface area (Å²) in [6, 6.07) is 0. The Bertz CT molecular complexity index is 330. The zero-order chi connectivity index (χ0) is 9.97. The Kier molecular flexibility index (Phi) is 2.36. The molecule has 6 heteroatoms. The number of carbonyl (C=O) groups excluding carboxylic acids is 1. The average molecular weight is 196 g/mol. The van der Waals surface area contributed by atoms with Crippen molar-refractivity contribution in [2.24, 2.45) is 5.92 Å². The molecule has 1 aliphatic heterocycles. The van der Waals surface area contributed by atoms with Crippen molar-refractivity contribution in [3.63, 3.8) is 0 Å². The highest BCUT2D eigenvalue weighted by molar-refractivity contribution is 5.94. The van der Waals surface area contributed by atoms with Gasteiger partial charge in [0.05, 0.1) is 24.4 Å². The van der Waals surface area contributed by atoms with E-state index in [1.807, 2.05) is 0 Å². The number of nitrogens with one attached hydrogen (secondary N) is 2. The maximum Gasteiger partial charge on any atom is 0.231 e. The number of nitrogens with two attached hydrogens (primary N) is 1. The third-order valence-electron chi connectivity index (χ3n) is 2.22. The maximum absolute atomic E-state index is 11.6. The predicted molar refractivity (Wildman–Crippen MR) is 50.6 cm³/mol. The summed E-state index contributed by atoms with van der Waals surface area (Å²) in [7, 11) is 0. The molecule has 4 N–H and O–H groups in total. The van der Waals surface area contributed by atoms with Crippen molar-refractivity contribution in [1.29, 1.82) is 0 Å². The van der Waals surface area contributed by atoms with Crippen LogP contribution in [0.1, 0.15) is 6.42 Å². The number of carbonyl (C=O) groups is 1. The van der Waals surface area contributed by atoms with Crippen LogP contribution in [0.5, 0.6) is 0 Å². The summed E-state index contributed by atoms with van der Waals surface area (Å²) < 4.78 is 5.11. The van der Waals surface area contributed by atoms with Gasteiger partial charge in [0.1, 0.15) is 0 Å². The van der Waals surface area contributed by atoms with Gasteiger partial charge < -0.3 is 15.8 Å². The smallest absolute Gasteiger partial charge is 0.231 e. The van der Waals surface area contributed by atoms with Crippen molar-refractivity contribution in [3.8, 4) is 0 Å². The summed E-state index contributed by atoms with van der Waals surface area (Å²) in [5.74, 6) is 0.318. The van der Waals surface area contributed by atoms with E-state index in [4.69, 9.17) is 10.5 Å². The summed E-state index contributed by atoms with van der Waals surface area (Å²) in [6.45, 7) is 1.14. The number of rotatable bonds is 2. The van der Waals surface area contributed by atoms with Crippen LogP contribution in [0.15, 0.2) is 6.20 Å². The number of H-pyrrole nitrogens is 1. The quantitative estimate of drug-likeness (QED) is 0.619. The van der Waals surface area contributed by atoms with E-state index in [1.54, 1.807) is 0 Å². The number of hydrogen-bond acceptors (Lipinski definition) is 4. The van der Waals surface area contributed by atoms with Crippen LogP contribution in [0.25, 0.3) is 0 Å². The molecule has 0 radical (unpaired) electrons. The van der Waals surface area contributed by atoms with Gasteiger partial charge in [-0.25, -0.2) is 0 Å². The summed E-state index contributed by atoms with van der Waals surface area (Å²) in [4.78, 5) is 11.6. The van der Waals surface area contributed by atoms with E-state index in [2.05, 4.69) is 15.5 Å². The van der Waals surface area contributed by atoms with Gasteiger partial charge in [0.2, 0.25) is 5.91 Å². The zero-order valence-electron chi connectivity index (χ0n) is 7.62. The molecule has 1 aromatic heterocycles. The van der Waals surface area contributed by atoms with Gasteiger partial charge >= 0.3 is 0 Å². The number of ether oxygens (including phenoxy) is 1. The van der Waals surface area contributed by atoms with Crippen molar-refractivity contribution in [2.75, 3.05) is 24.3 Å². The SMILES string of the molecule is Nc1cn[nH]c1NC(=O)C1CCOC1. The van der Waals surface area contributed by atoms with E-state index in [0.29, 0.717) is 24.7 Å². The van der Waals surface area contributed by atoms with Gasteiger partial charge in [-0.15, -0.1) is 0 Å². The van der Waals surface area contributed by atoms with Crippen LogP contribution in [0.2, 0.25) is 0 Å². The molecule has 1 fully saturated rings. The molecule has 0 bridgehead atoms. The third-order valence-corrected chi connectivity index (χ3v) is 2.22. The minimum Gasteiger partial charge on any atom is -0.394 e. The van der Waals surface area contributed by atoms with Crippen LogP contribution < -0.4 is 11.1 Å². The summed E-state index contributed by atoms with van der Waals surface area (Å²) in [5, 5.41) is 8.99. The maximum atomic E-state index is 11.6. The second-order valence-corrected chi connectivity index (χ2v) is 3.25. The van der Waals surface area contributed by atoms with Crippen LogP contribution in [-0.4, -0.2) is 29.3 Å². The lowest BCUT2D eigenvalue weighted by Gasteiger charge is -2.07. The molecule has 1 atom stereocenters. The van der Waals surface area contributed by atoms with E-state index >= 15 is 0 Å². The van der Waals surface area contributed by atoms with Gasteiger partial charge in [-0.2, -0.15) is 5.10 Å². The van der Waals surface area contributed by atoms with E-state index in [-0.39, 0.29) is 11.8 Å². The van der Waals surface area contributed by atoms with Crippen molar-refractivity contribution in [3.05, 3.63) is 6.20 Å². The first kappa shape index (κ1) is 9.01. The number of aromatic amines is 1. The standard InChI is InChI=1S/C8H12N4O2/c9-6-3-10-12-7(6)11-8(13)5-1-2-14-4-5/h3,5H,1-2,4,9H2,(H2,10,11,12,13). The normalized spacial score (nSPS) is 21.0. The van der Waals surface area contributed by atoms with E-state index in [0.717, 1.165) is 6.42 Å². The molecule has 1 unspecified atom stereocenters. The van der Waals surface area contributed by atoms with E-state index in [9.17, 15) is 4.79 Å². The molecule has 1 aliphatic rings. The molecule has 14 heavy (non-hydrogen) atoms. The summed E-state index contributed by atoms with van der Waals surface area (Å²) in [6.07, 6.45) is 2.22. The second kappa shape index (κ2) is 3.67. The number of hydrogen-bond donors (Lipinski definition) is 3. The Morgan fingerprint density at radius 2 is 2.64 bits per heavy atom. The van der Waals surface area contributed by atoms with Gasteiger partial charge in [-0.1, -0.05) is 0 Å². The Hall–Kier alpha value is -1.56. The average Bonchev–Trinajstić information content (AvgIpc) is 2.77. The number of nitrogen functional groups attached to an aromatic ring is 1. The highest BCUT2D eigenvalue weighted by Gasteiger charge is 2.24. The second-order valence-electron chi connectivity index (χ2n) is 3.25. The van der Waals surface area contributed by atoms with E-state index in [1.165, 1.54) is 6.20 Å². The van der Waals surface area contributed by atoms with Crippen LogP contribution >= 0.6 is 0 Å². The first-order valence-corrected chi connectivity index (χ1v) is 4.45. The Labute approximate surface area is 80.8 Å². The molecular weight excluding hydrogens is 184 g/mol. The zero-order valence-corrected chi connectivity index (χ0v) is 7.62. The fourth-order valence-electron chi connectivity index (χ4n) is 1.36. The highest BCUT2D eigenvalue weighted by Crippen LogP contribution is 2.17. The first-order valence-electron chi connectivity index (χ1n) is 4.45. The lowest BCUT2D eigenvalue weighted by atomic mass is 10.1. The first-order chi connectivity index (χ1) is 6.77. The summed E-state index contributed by atoms with van der Waals surface area (Å²) >= 11 is 0. The predicted octanol–water partition coefficient (Wildman–Crippen LogP) is -0.0331. The molecule has 0 aromatic carbocycles. The van der Waals surface area contributed by atoms with Crippen molar-refractivity contribution < 1.29 is 9.53 Å². The number of aromatic nitrogens is 2. The fraction of sp³-hybridized carbons (Fsp3) is 0.500. The highest BCUT2D eigenvalue weighted by atomic mass is 16.5. The van der Waals surface area contributed by atoms with Gasteiger partial charge in [-0.3, -0.25) is 9.89 Å². The van der Waals surface area contributed by atoms with Crippen molar-refractivity contribution in [2.45, 2.75) is 6.42 Å². The number of nitrogens with zero attached hydrogens (tertiary/aromatic N) is 1. The van der Waals surface area contributed by atoms with E-state index < -0.39 is 0 Å². The molecule has 0 saturated carbocycles. The Morgan fingerprint density at radius 1 is 1.79 bits per heavy atom. The minimum atomic E-state index is -0.0716. The lowest BCUT2D eigenvalue weighted by Crippen LogP contribution is -2.23. The summed E-state index contributed by atoms with van der Waals surface area (Å²) in [5.41, 5.74) is 5.99. The molecule has 76 valence electrons. The molecule has 2 heterocycles. The monoisotopic (exact) mass is 196 g/mol. The molecule has 1 aromatic rings. The number of amides is 1. The molecular formula is C8H12N4O2. The van der Waals surface area contributed by atoms with Crippen LogP contribution in [0.3, 0.4) is 0 Å². The molecule has 2 rings (SSSR count). The van der Waals surface area contributed by atoms with Crippen molar-refractivity contribution in [1.82, 2.24) is 10.2 Å². The molecule has 0 aliphatic carbocycles. The third kappa shape index (κ3) is 1.69. The van der Waals surface area contributed by atoms with Gasteiger partial charge in [0.25, 0.3) is 0 Å². The minimum absolute atomic E-state index is 0.0709. The number of anilines is 2. The lowest BCUT2D eigenvalue weighted by molar-refractivity contribution is -0.119. The largest absolute Gasteiger partial charge is 0.394 e.